The van der Waals surface area contributed by atoms with E-state index >= 15 is 0 Å². The van der Waals surface area contributed by atoms with Crippen LogP contribution in [0.4, 0.5) is 0 Å². The monoisotopic (exact) mass is 419 g/mol. The van der Waals surface area contributed by atoms with Crippen LogP contribution in [0.15, 0.2) is 59.4 Å². The largest absolute Gasteiger partial charge is 0.491 e. The Kier molecular flexibility index (Phi) is 6.67. The van der Waals surface area contributed by atoms with Crippen LogP contribution in [-0.4, -0.2) is 48.1 Å². The number of piperidine rings is 1. The molecule has 3 aromatic rings. The summed E-state index contributed by atoms with van der Waals surface area (Å²) in [6.07, 6.45) is 2.83. The fraction of sp³-hybridized carbons (Fsp3) is 0.360. The molecule has 1 saturated heterocycles. The van der Waals surface area contributed by atoms with Crippen molar-refractivity contribution >= 4 is 16.8 Å². The van der Waals surface area contributed by atoms with Gasteiger partial charge in [-0.2, -0.15) is 0 Å². The third kappa shape index (κ3) is 5.33. The number of nitrogens with one attached hydrogen (secondary N) is 2. The van der Waals surface area contributed by atoms with Gasteiger partial charge >= 0.3 is 0 Å². The van der Waals surface area contributed by atoms with Crippen molar-refractivity contribution in [3.05, 3.63) is 76.1 Å². The van der Waals surface area contributed by atoms with Gasteiger partial charge in [0.2, 0.25) is 5.56 Å². The molecular weight excluding hydrogens is 390 g/mol. The number of carbonyl (C=O) groups excluding carboxylic acids is 1. The Hall–Kier alpha value is -3.12. The predicted octanol–water partition coefficient (Wildman–Crippen LogP) is 3.50. The maximum absolute atomic E-state index is 12.3. The van der Waals surface area contributed by atoms with Gasteiger partial charge in [-0.3, -0.25) is 9.59 Å². The van der Waals surface area contributed by atoms with Crippen molar-refractivity contribution in [2.24, 2.45) is 0 Å². The molecule has 0 aliphatic carbocycles. The van der Waals surface area contributed by atoms with Crippen LogP contribution in [0, 0.1) is 6.92 Å². The topological polar surface area (TPSA) is 74.4 Å². The lowest BCUT2D eigenvalue weighted by molar-refractivity contribution is 0.0909. The number of hydrogen-bond acceptors (Lipinski definition) is 4. The second-order valence-corrected chi connectivity index (χ2v) is 8.15. The number of likely N-dealkylation sites (tertiary alicyclic amines) is 1. The molecule has 0 spiro atoms. The minimum atomic E-state index is -0.108. The fourth-order valence-electron chi connectivity index (χ4n) is 4.17. The number of pyridine rings is 1. The molecule has 6 nitrogen and oxygen atoms in total. The number of hydrogen-bond donors (Lipinski definition) is 2. The number of rotatable bonds is 7. The highest BCUT2D eigenvalue weighted by Gasteiger charge is 2.20. The van der Waals surface area contributed by atoms with Crippen molar-refractivity contribution in [3.8, 4) is 5.75 Å². The van der Waals surface area contributed by atoms with E-state index in [4.69, 9.17) is 4.74 Å². The molecule has 2 N–H and O–H groups in total. The lowest BCUT2D eigenvalue weighted by atomic mass is 10.0. The first-order valence-electron chi connectivity index (χ1n) is 10.9. The maximum atomic E-state index is 12.3. The van der Waals surface area contributed by atoms with Crippen LogP contribution in [0.1, 0.15) is 35.2 Å². The summed E-state index contributed by atoms with van der Waals surface area (Å²) in [5.41, 5.74) is 2.32. The minimum Gasteiger partial charge on any atom is -0.491 e. The van der Waals surface area contributed by atoms with Crippen LogP contribution < -0.4 is 15.6 Å². The third-order valence-corrected chi connectivity index (χ3v) is 5.88. The minimum absolute atomic E-state index is 0.0100. The van der Waals surface area contributed by atoms with E-state index in [2.05, 4.69) is 15.2 Å². The highest BCUT2D eigenvalue weighted by Crippen LogP contribution is 2.24. The van der Waals surface area contributed by atoms with Gasteiger partial charge < -0.3 is 19.9 Å². The van der Waals surface area contributed by atoms with Gasteiger partial charge in [-0.05, 0) is 49.9 Å². The Balaban J connectivity index is 1.21. The highest BCUT2D eigenvalue weighted by atomic mass is 16.5. The van der Waals surface area contributed by atoms with Gasteiger partial charge in [-0.1, -0.05) is 30.3 Å². The van der Waals surface area contributed by atoms with Gasteiger partial charge in [-0.25, -0.2) is 0 Å². The van der Waals surface area contributed by atoms with Crippen molar-refractivity contribution < 1.29 is 9.53 Å². The molecule has 2 heterocycles. The van der Waals surface area contributed by atoms with Crippen molar-refractivity contribution in [1.29, 1.82) is 0 Å². The summed E-state index contributed by atoms with van der Waals surface area (Å²) in [5, 5.41) is 4.16. The van der Waals surface area contributed by atoms with E-state index in [9.17, 15) is 9.59 Å². The normalized spacial score (nSPS) is 15.1. The van der Waals surface area contributed by atoms with Gasteiger partial charge in [-0.15, -0.1) is 0 Å². The zero-order valence-corrected chi connectivity index (χ0v) is 17.9. The molecule has 31 heavy (non-hydrogen) atoms. The molecule has 0 unspecified atom stereocenters. The lowest BCUT2D eigenvalue weighted by Crippen LogP contribution is -2.45. The second kappa shape index (κ2) is 9.79. The molecule has 4 rings (SSSR count). The SMILES string of the molecule is Cc1cc(=O)[nH]c2c(OCCCN3CCC(NC(=O)c4ccccc4)CC3)cccc12. The number of nitrogens with zero attached hydrogens (tertiary/aromatic N) is 1. The van der Waals surface area contributed by atoms with Crippen LogP contribution in [-0.2, 0) is 0 Å². The Morgan fingerprint density at radius 2 is 1.90 bits per heavy atom. The number of amides is 1. The number of aryl methyl sites for hydroxylation is 1. The van der Waals surface area contributed by atoms with Crippen molar-refractivity contribution in [3.63, 3.8) is 0 Å². The molecule has 0 bridgehead atoms. The molecule has 1 fully saturated rings. The zero-order valence-electron chi connectivity index (χ0n) is 17.9. The van der Waals surface area contributed by atoms with Gasteiger partial charge in [0.05, 0.1) is 12.1 Å². The van der Waals surface area contributed by atoms with E-state index in [0.29, 0.717) is 12.2 Å². The first-order valence-corrected chi connectivity index (χ1v) is 10.9. The Morgan fingerprint density at radius 1 is 1.13 bits per heavy atom. The van der Waals surface area contributed by atoms with Gasteiger partial charge in [0, 0.05) is 42.7 Å². The Labute approximate surface area is 182 Å². The summed E-state index contributed by atoms with van der Waals surface area (Å²) in [7, 11) is 0. The molecular formula is C25H29N3O3. The standard InChI is InChI=1S/C25H29N3O3/c1-18-17-23(29)27-24-21(18)9-5-10-22(24)31-16-6-13-28-14-11-20(12-15-28)26-25(30)19-7-3-2-4-8-19/h2-5,7-10,17,20H,6,11-16H2,1H3,(H,26,30)(H,27,29). The molecule has 0 atom stereocenters. The van der Waals surface area contributed by atoms with Gasteiger partial charge in [0.15, 0.2) is 0 Å². The summed E-state index contributed by atoms with van der Waals surface area (Å²) >= 11 is 0. The molecule has 0 saturated carbocycles. The summed E-state index contributed by atoms with van der Waals surface area (Å²) in [6.45, 7) is 5.44. The van der Waals surface area contributed by atoms with Crippen LogP contribution in [0.25, 0.3) is 10.9 Å². The fourth-order valence-corrected chi connectivity index (χ4v) is 4.17. The Morgan fingerprint density at radius 3 is 2.68 bits per heavy atom. The van der Waals surface area contributed by atoms with E-state index in [1.807, 2.05) is 55.5 Å². The number of H-pyrrole nitrogens is 1. The molecule has 1 aliphatic rings. The van der Waals surface area contributed by atoms with E-state index in [0.717, 1.165) is 61.1 Å². The number of aromatic nitrogens is 1. The molecule has 2 aromatic carbocycles. The number of para-hydroxylation sites is 1. The molecule has 1 aliphatic heterocycles. The highest BCUT2D eigenvalue weighted by molar-refractivity contribution is 5.94. The van der Waals surface area contributed by atoms with Crippen molar-refractivity contribution in [2.45, 2.75) is 32.2 Å². The number of fused-ring (bicyclic) bond motifs is 1. The predicted molar refractivity (Wildman–Crippen MR) is 123 cm³/mol. The molecule has 162 valence electrons. The van der Waals surface area contributed by atoms with E-state index in [-0.39, 0.29) is 17.5 Å². The summed E-state index contributed by atoms with van der Waals surface area (Å²) in [6, 6.07) is 17.1. The molecule has 1 aromatic heterocycles. The molecule has 1 amide bonds. The van der Waals surface area contributed by atoms with Gasteiger partial charge in [0.25, 0.3) is 5.91 Å². The van der Waals surface area contributed by atoms with Crippen LogP contribution >= 0.6 is 0 Å². The molecule has 0 radical (unpaired) electrons. The number of carbonyl (C=O) groups is 1. The summed E-state index contributed by atoms with van der Waals surface area (Å²) < 4.78 is 5.99. The third-order valence-electron chi connectivity index (χ3n) is 5.88. The van der Waals surface area contributed by atoms with Crippen LogP contribution in [0.3, 0.4) is 0 Å². The number of benzene rings is 2. The van der Waals surface area contributed by atoms with Gasteiger partial charge in [0.1, 0.15) is 5.75 Å². The average Bonchev–Trinajstić information content (AvgIpc) is 2.78. The van der Waals surface area contributed by atoms with Crippen LogP contribution in [0.2, 0.25) is 0 Å². The quantitative estimate of drug-likeness (QED) is 0.575. The smallest absolute Gasteiger partial charge is 0.251 e. The zero-order chi connectivity index (χ0) is 21.6. The van der Waals surface area contributed by atoms with Crippen LogP contribution in [0.5, 0.6) is 5.75 Å². The van der Waals surface area contributed by atoms with Crippen molar-refractivity contribution in [1.82, 2.24) is 15.2 Å². The number of ether oxygens (including phenoxy) is 1. The summed E-state index contributed by atoms with van der Waals surface area (Å²) in [5.74, 6) is 0.733. The number of aromatic amines is 1. The van der Waals surface area contributed by atoms with Crippen molar-refractivity contribution in [2.75, 3.05) is 26.2 Å². The Bertz CT molecular complexity index is 1090. The summed E-state index contributed by atoms with van der Waals surface area (Å²) in [4.78, 5) is 29.5. The average molecular weight is 420 g/mol. The van der Waals surface area contributed by atoms with E-state index in [1.165, 1.54) is 0 Å². The van der Waals surface area contributed by atoms with E-state index in [1.54, 1.807) is 6.07 Å². The second-order valence-electron chi connectivity index (χ2n) is 8.15. The van der Waals surface area contributed by atoms with E-state index < -0.39 is 0 Å². The lowest BCUT2D eigenvalue weighted by Gasteiger charge is -2.32. The molecule has 6 heteroatoms. The first-order chi connectivity index (χ1) is 15.1. The maximum Gasteiger partial charge on any atom is 0.251 e. The first kappa shape index (κ1) is 21.1.